The van der Waals surface area contributed by atoms with Crippen molar-refractivity contribution in [2.24, 2.45) is 5.73 Å². The minimum atomic E-state index is 0.0557. The molecular weight excluding hydrogens is 292 g/mol. The Balaban J connectivity index is 2.33. The molecule has 0 unspecified atom stereocenters. The number of benzene rings is 1. The Morgan fingerprint density at radius 1 is 1.28 bits per heavy atom. The normalized spacial score (nSPS) is 12.2. The summed E-state index contributed by atoms with van der Waals surface area (Å²) < 4.78 is 1.05. The topological polar surface area (TPSA) is 55.1 Å². The summed E-state index contributed by atoms with van der Waals surface area (Å²) in [6, 6.07) is 8.06. The smallest absolute Gasteiger partial charge is 0.220 e. The van der Waals surface area contributed by atoms with Gasteiger partial charge in [-0.3, -0.25) is 4.79 Å². The number of halogens is 1. The first-order chi connectivity index (χ1) is 8.63. The van der Waals surface area contributed by atoms with Gasteiger partial charge in [0.25, 0.3) is 0 Å². The van der Waals surface area contributed by atoms with Crippen LogP contribution in [0.5, 0.6) is 0 Å². The van der Waals surface area contributed by atoms with Gasteiger partial charge in [-0.15, -0.1) is 0 Å². The van der Waals surface area contributed by atoms with Gasteiger partial charge in [-0.2, -0.15) is 0 Å². The molecule has 100 valence electrons. The molecule has 1 rings (SSSR count). The number of nitrogens with two attached hydrogens (primary N) is 1. The average Bonchev–Trinajstić information content (AvgIpc) is 2.35. The lowest BCUT2D eigenvalue weighted by Gasteiger charge is -2.14. The van der Waals surface area contributed by atoms with E-state index in [0.717, 1.165) is 29.3 Å². The largest absolute Gasteiger partial charge is 0.350 e. The number of nitrogens with one attached hydrogen (secondary N) is 1. The van der Waals surface area contributed by atoms with Crippen LogP contribution >= 0.6 is 15.9 Å². The number of hydrogen-bond donors (Lipinski definition) is 2. The quantitative estimate of drug-likeness (QED) is 0.760. The lowest BCUT2D eigenvalue weighted by Crippen LogP contribution is -2.26. The monoisotopic (exact) mass is 312 g/mol. The van der Waals surface area contributed by atoms with Crippen molar-refractivity contribution in [2.45, 2.75) is 38.6 Å². The van der Waals surface area contributed by atoms with E-state index in [1.807, 2.05) is 31.2 Å². The Bertz CT molecular complexity index is 365. The summed E-state index contributed by atoms with van der Waals surface area (Å²) in [5.41, 5.74) is 6.53. The Kier molecular flexibility index (Phi) is 6.98. The average molecular weight is 313 g/mol. The highest BCUT2D eigenvalue weighted by molar-refractivity contribution is 9.10. The molecular formula is C14H21BrN2O. The molecule has 1 atom stereocenters. The van der Waals surface area contributed by atoms with Gasteiger partial charge in [0, 0.05) is 10.9 Å². The van der Waals surface area contributed by atoms with Gasteiger partial charge in [0.15, 0.2) is 0 Å². The van der Waals surface area contributed by atoms with E-state index in [0.29, 0.717) is 13.0 Å². The van der Waals surface area contributed by atoms with Crippen LogP contribution in [0.2, 0.25) is 0 Å². The lowest BCUT2D eigenvalue weighted by atomic mass is 10.1. The minimum absolute atomic E-state index is 0.0557. The maximum Gasteiger partial charge on any atom is 0.220 e. The molecule has 0 spiro atoms. The highest BCUT2D eigenvalue weighted by Gasteiger charge is 2.08. The summed E-state index contributed by atoms with van der Waals surface area (Å²) >= 11 is 3.40. The van der Waals surface area contributed by atoms with Gasteiger partial charge in [-0.25, -0.2) is 0 Å². The molecule has 0 bridgehead atoms. The standard InChI is InChI=1S/C14H21BrN2O/c1-11(12-6-8-13(15)9-7-12)17-14(18)5-3-2-4-10-16/h6-9,11H,2-5,10,16H2,1H3,(H,17,18)/t11-/m0/s1. The van der Waals surface area contributed by atoms with Crippen LogP contribution in [-0.2, 0) is 4.79 Å². The molecule has 0 heterocycles. The van der Waals surface area contributed by atoms with Crippen LogP contribution in [0.4, 0.5) is 0 Å². The molecule has 18 heavy (non-hydrogen) atoms. The van der Waals surface area contributed by atoms with Crippen LogP contribution in [0.15, 0.2) is 28.7 Å². The van der Waals surface area contributed by atoms with Gasteiger partial charge in [0.05, 0.1) is 6.04 Å². The molecule has 3 nitrogen and oxygen atoms in total. The zero-order chi connectivity index (χ0) is 13.4. The summed E-state index contributed by atoms with van der Waals surface area (Å²) in [6.45, 7) is 2.71. The minimum Gasteiger partial charge on any atom is -0.350 e. The van der Waals surface area contributed by atoms with Gasteiger partial charge in [0.2, 0.25) is 5.91 Å². The molecule has 3 N–H and O–H groups in total. The third kappa shape index (κ3) is 5.65. The molecule has 0 aliphatic heterocycles. The fourth-order valence-corrected chi connectivity index (χ4v) is 2.02. The predicted octanol–water partition coefficient (Wildman–Crippen LogP) is 3.15. The molecule has 1 aromatic carbocycles. The van der Waals surface area contributed by atoms with E-state index < -0.39 is 0 Å². The lowest BCUT2D eigenvalue weighted by molar-refractivity contribution is -0.121. The van der Waals surface area contributed by atoms with Gasteiger partial charge in [-0.05, 0) is 44.0 Å². The molecule has 0 radical (unpaired) electrons. The number of rotatable bonds is 7. The van der Waals surface area contributed by atoms with Crippen molar-refractivity contribution in [1.82, 2.24) is 5.32 Å². The molecule has 0 aliphatic carbocycles. The van der Waals surface area contributed by atoms with E-state index in [2.05, 4.69) is 21.2 Å². The third-order valence-corrected chi connectivity index (χ3v) is 3.38. The third-order valence-electron chi connectivity index (χ3n) is 2.86. The van der Waals surface area contributed by atoms with Crippen molar-refractivity contribution in [3.05, 3.63) is 34.3 Å². The number of carbonyl (C=O) groups is 1. The maximum atomic E-state index is 11.7. The molecule has 1 aromatic rings. The zero-order valence-electron chi connectivity index (χ0n) is 10.8. The van der Waals surface area contributed by atoms with Crippen molar-refractivity contribution < 1.29 is 4.79 Å². The number of hydrogen-bond acceptors (Lipinski definition) is 2. The van der Waals surface area contributed by atoms with E-state index in [1.54, 1.807) is 0 Å². The highest BCUT2D eigenvalue weighted by atomic mass is 79.9. The first-order valence-electron chi connectivity index (χ1n) is 6.38. The van der Waals surface area contributed by atoms with Crippen molar-refractivity contribution in [3.8, 4) is 0 Å². The first kappa shape index (κ1) is 15.2. The molecule has 1 amide bonds. The van der Waals surface area contributed by atoms with Gasteiger partial charge in [-0.1, -0.05) is 34.5 Å². The molecule has 0 saturated heterocycles. The van der Waals surface area contributed by atoms with Crippen molar-refractivity contribution >= 4 is 21.8 Å². The second-order valence-electron chi connectivity index (χ2n) is 4.44. The number of amides is 1. The van der Waals surface area contributed by atoms with Gasteiger partial charge >= 0.3 is 0 Å². The van der Waals surface area contributed by atoms with Crippen LogP contribution in [-0.4, -0.2) is 12.5 Å². The van der Waals surface area contributed by atoms with Crippen LogP contribution in [0, 0.1) is 0 Å². The van der Waals surface area contributed by atoms with E-state index in [1.165, 1.54) is 0 Å². The Morgan fingerprint density at radius 2 is 1.94 bits per heavy atom. The summed E-state index contributed by atoms with van der Waals surface area (Å²) in [4.78, 5) is 11.7. The first-order valence-corrected chi connectivity index (χ1v) is 7.17. The van der Waals surface area contributed by atoms with E-state index >= 15 is 0 Å². The van der Waals surface area contributed by atoms with E-state index in [-0.39, 0.29) is 11.9 Å². The molecule has 0 aliphatic rings. The van der Waals surface area contributed by atoms with Crippen LogP contribution in [0.3, 0.4) is 0 Å². The van der Waals surface area contributed by atoms with Crippen molar-refractivity contribution in [3.63, 3.8) is 0 Å². The molecule has 0 fully saturated rings. The number of unbranched alkanes of at least 4 members (excludes halogenated alkanes) is 2. The number of carbonyl (C=O) groups excluding carboxylic acids is 1. The molecule has 0 saturated carbocycles. The summed E-state index contributed by atoms with van der Waals surface area (Å²) in [7, 11) is 0. The van der Waals surface area contributed by atoms with Gasteiger partial charge in [0.1, 0.15) is 0 Å². The van der Waals surface area contributed by atoms with Crippen LogP contribution < -0.4 is 11.1 Å². The van der Waals surface area contributed by atoms with Crippen LogP contribution in [0.25, 0.3) is 0 Å². The van der Waals surface area contributed by atoms with E-state index in [9.17, 15) is 4.79 Å². The highest BCUT2D eigenvalue weighted by Crippen LogP contribution is 2.16. The van der Waals surface area contributed by atoms with Crippen molar-refractivity contribution in [2.75, 3.05) is 6.54 Å². The second kappa shape index (κ2) is 8.27. The fraction of sp³-hybridized carbons (Fsp3) is 0.500. The summed E-state index contributed by atoms with van der Waals surface area (Å²) in [6.07, 6.45) is 3.52. The fourth-order valence-electron chi connectivity index (χ4n) is 1.76. The SMILES string of the molecule is C[C@H](NC(=O)CCCCCN)c1ccc(Br)cc1. The Morgan fingerprint density at radius 3 is 2.56 bits per heavy atom. The summed E-state index contributed by atoms with van der Waals surface area (Å²) in [5, 5.41) is 3.01. The Labute approximate surface area is 117 Å². The molecule has 4 heteroatoms. The van der Waals surface area contributed by atoms with Crippen molar-refractivity contribution in [1.29, 1.82) is 0 Å². The molecule has 0 aromatic heterocycles. The van der Waals surface area contributed by atoms with Gasteiger partial charge < -0.3 is 11.1 Å². The predicted molar refractivity (Wildman–Crippen MR) is 78.2 cm³/mol. The Hall–Kier alpha value is -0.870. The summed E-state index contributed by atoms with van der Waals surface area (Å²) in [5.74, 6) is 0.113. The van der Waals surface area contributed by atoms with E-state index in [4.69, 9.17) is 5.73 Å². The van der Waals surface area contributed by atoms with Crippen LogP contribution in [0.1, 0.15) is 44.2 Å². The maximum absolute atomic E-state index is 11.7. The second-order valence-corrected chi connectivity index (χ2v) is 5.36. The zero-order valence-corrected chi connectivity index (χ0v) is 12.4.